The van der Waals surface area contributed by atoms with Crippen LogP contribution >= 0.6 is 11.6 Å². The summed E-state index contributed by atoms with van der Waals surface area (Å²) in [4.78, 5) is 0. The predicted molar refractivity (Wildman–Crippen MR) is 115 cm³/mol. The molecule has 0 aliphatic heterocycles. The highest BCUT2D eigenvalue weighted by molar-refractivity contribution is 6.30. The lowest BCUT2D eigenvalue weighted by Crippen LogP contribution is -1.96. The Balaban J connectivity index is 1.58. The van der Waals surface area contributed by atoms with Crippen LogP contribution in [0.3, 0.4) is 0 Å². The van der Waals surface area contributed by atoms with E-state index in [1.807, 2.05) is 36.4 Å². The molecule has 0 aromatic heterocycles. The zero-order valence-electron chi connectivity index (χ0n) is 16.4. The maximum Gasteiger partial charge on any atom is 0.119 e. The third-order valence-corrected chi connectivity index (χ3v) is 4.71. The Morgan fingerprint density at radius 3 is 1.70 bits per heavy atom. The third-order valence-electron chi connectivity index (χ3n) is 4.46. The molecule has 0 saturated heterocycles. The molecule has 3 nitrogen and oxygen atoms in total. The van der Waals surface area contributed by atoms with Gasteiger partial charge in [-0.15, -0.1) is 0 Å². The van der Waals surface area contributed by atoms with Gasteiger partial charge in [-0.05, 0) is 55.0 Å². The van der Waals surface area contributed by atoms with Crippen molar-refractivity contribution in [2.24, 2.45) is 10.2 Å². The predicted octanol–water partition coefficient (Wildman–Crippen LogP) is 8.67. The topological polar surface area (TPSA) is 34.0 Å². The van der Waals surface area contributed by atoms with E-state index in [2.05, 4.69) is 17.2 Å². The van der Waals surface area contributed by atoms with Crippen LogP contribution in [0.2, 0.25) is 5.02 Å². The first-order chi connectivity index (χ1) is 13.3. The first kappa shape index (κ1) is 21.4. The highest BCUT2D eigenvalue weighted by Crippen LogP contribution is 2.22. The normalized spacial score (nSPS) is 11.2. The lowest BCUT2D eigenvalue weighted by atomic mass is 10.1. The fraction of sp³-hybridized carbons (Fsp3) is 0.478. The fourth-order valence-electron chi connectivity index (χ4n) is 2.83. The molecule has 0 aliphatic carbocycles. The summed E-state index contributed by atoms with van der Waals surface area (Å²) in [6.07, 6.45) is 11.9. The summed E-state index contributed by atoms with van der Waals surface area (Å²) in [6.45, 7) is 3.04. The van der Waals surface area contributed by atoms with Gasteiger partial charge in [0.2, 0.25) is 0 Å². The van der Waals surface area contributed by atoms with Crippen LogP contribution < -0.4 is 4.74 Å². The Bertz CT molecular complexity index is 653. The number of ether oxygens (including phenoxy) is 1. The molecule has 2 rings (SSSR count). The maximum atomic E-state index is 5.86. The van der Waals surface area contributed by atoms with E-state index in [1.165, 1.54) is 51.4 Å². The van der Waals surface area contributed by atoms with Crippen molar-refractivity contribution in [2.45, 2.75) is 64.7 Å². The Kier molecular flexibility index (Phi) is 10.6. The van der Waals surface area contributed by atoms with Gasteiger partial charge >= 0.3 is 0 Å². The van der Waals surface area contributed by atoms with Crippen molar-refractivity contribution < 1.29 is 4.74 Å². The molecule has 0 unspecified atom stereocenters. The summed E-state index contributed by atoms with van der Waals surface area (Å²) >= 11 is 5.86. The van der Waals surface area contributed by atoms with Crippen LogP contribution in [-0.4, -0.2) is 6.61 Å². The van der Waals surface area contributed by atoms with Crippen molar-refractivity contribution in [3.05, 3.63) is 53.6 Å². The van der Waals surface area contributed by atoms with Crippen LogP contribution in [0.5, 0.6) is 5.75 Å². The standard InChI is InChI=1S/C23H31ClN2O/c1-2-3-4-5-6-7-8-9-10-19-27-23-17-15-22(16-18-23)26-25-21-13-11-20(24)12-14-21/h11-18H,2-10,19H2,1H3. The van der Waals surface area contributed by atoms with Crippen LogP contribution in [0.4, 0.5) is 11.4 Å². The molecule has 146 valence electrons. The van der Waals surface area contributed by atoms with Gasteiger partial charge in [-0.25, -0.2) is 0 Å². The van der Waals surface area contributed by atoms with Gasteiger partial charge < -0.3 is 4.74 Å². The second-order valence-corrected chi connectivity index (χ2v) is 7.28. The molecule has 0 N–H and O–H groups in total. The lowest BCUT2D eigenvalue weighted by Gasteiger charge is -2.06. The number of hydrogen-bond donors (Lipinski definition) is 0. The number of benzene rings is 2. The molecule has 0 atom stereocenters. The first-order valence-electron chi connectivity index (χ1n) is 10.2. The highest BCUT2D eigenvalue weighted by atomic mass is 35.5. The molecule has 0 spiro atoms. The Labute approximate surface area is 168 Å². The molecule has 27 heavy (non-hydrogen) atoms. The van der Waals surface area contributed by atoms with Crippen LogP contribution in [0.1, 0.15) is 64.7 Å². The summed E-state index contributed by atoms with van der Waals surface area (Å²) < 4.78 is 5.81. The molecule has 2 aromatic carbocycles. The molecule has 0 fully saturated rings. The van der Waals surface area contributed by atoms with Crippen LogP contribution in [0.25, 0.3) is 0 Å². The van der Waals surface area contributed by atoms with Gasteiger partial charge in [0.05, 0.1) is 18.0 Å². The average Bonchev–Trinajstić information content (AvgIpc) is 2.70. The van der Waals surface area contributed by atoms with Crippen molar-refractivity contribution >= 4 is 23.0 Å². The molecule has 2 aromatic rings. The first-order valence-corrected chi connectivity index (χ1v) is 10.6. The number of azo groups is 1. The molecule has 4 heteroatoms. The van der Waals surface area contributed by atoms with Gasteiger partial charge in [-0.3, -0.25) is 0 Å². The van der Waals surface area contributed by atoms with Gasteiger partial charge in [0.15, 0.2) is 0 Å². The monoisotopic (exact) mass is 386 g/mol. The fourth-order valence-corrected chi connectivity index (χ4v) is 2.96. The number of hydrogen-bond acceptors (Lipinski definition) is 3. The quantitative estimate of drug-likeness (QED) is 0.250. The zero-order valence-corrected chi connectivity index (χ0v) is 17.1. The number of halogens is 1. The lowest BCUT2D eigenvalue weighted by molar-refractivity contribution is 0.304. The van der Waals surface area contributed by atoms with E-state index < -0.39 is 0 Å². The van der Waals surface area contributed by atoms with Gasteiger partial charge in [0, 0.05) is 5.02 Å². The summed E-state index contributed by atoms with van der Waals surface area (Å²) in [7, 11) is 0. The zero-order chi connectivity index (χ0) is 19.2. The molecule has 0 saturated carbocycles. The third kappa shape index (κ3) is 9.58. The molecular formula is C23H31ClN2O. The maximum absolute atomic E-state index is 5.86. The van der Waals surface area contributed by atoms with Crippen molar-refractivity contribution in [1.29, 1.82) is 0 Å². The van der Waals surface area contributed by atoms with Gasteiger partial charge in [-0.2, -0.15) is 10.2 Å². The van der Waals surface area contributed by atoms with E-state index in [4.69, 9.17) is 16.3 Å². The molecule has 0 heterocycles. The Morgan fingerprint density at radius 1 is 0.667 bits per heavy atom. The number of unbranched alkanes of at least 4 members (excludes halogenated alkanes) is 8. The van der Waals surface area contributed by atoms with E-state index in [1.54, 1.807) is 12.1 Å². The molecule has 0 amide bonds. The van der Waals surface area contributed by atoms with E-state index in [9.17, 15) is 0 Å². The van der Waals surface area contributed by atoms with Crippen molar-refractivity contribution in [2.75, 3.05) is 6.61 Å². The van der Waals surface area contributed by atoms with Gasteiger partial charge in [-0.1, -0.05) is 69.9 Å². The van der Waals surface area contributed by atoms with E-state index >= 15 is 0 Å². The van der Waals surface area contributed by atoms with E-state index in [0.29, 0.717) is 5.02 Å². The van der Waals surface area contributed by atoms with Crippen LogP contribution in [-0.2, 0) is 0 Å². The average molecular weight is 387 g/mol. The van der Waals surface area contributed by atoms with E-state index in [0.717, 1.165) is 30.2 Å². The summed E-state index contributed by atoms with van der Waals surface area (Å²) in [5.74, 6) is 0.889. The number of nitrogens with zero attached hydrogens (tertiary/aromatic N) is 2. The van der Waals surface area contributed by atoms with Gasteiger partial charge in [0.1, 0.15) is 5.75 Å². The minimum atomic E-state index is 0.697. The summed E-state index contributed by atoms with van der Waals surface area (Å²) in [5.41, 5.74) is 1.59. The Morgan fingerprint density at radius 2 is 1.15 bits per heavy atom. The largest absolute Gasteiger partial charge is 0.494 e. The highest BCUT2D eigenvalue weighted by Gasteiger charge is 1.97. The number of rotatable bonds is 13. The molecule has 0 radical (unpaired) electrons. The van der Waals surface area contributed by atoms with Crippen molar-refractivity contribution in [3.8, 4) is 5.75 Å². The van der Waals surface area contributed by atoms with Crippen molar-refractivity contribution in [3.63, 3.8) is 0 Å². The van der Waals surface area contributed by atoms with Gasteiger partial charge in [0.25, 0.3) is 0 Å². The Hall–Kier alpha value is -1.87. The smallest absolute Gasteiger partial charge is 0.119 e. The van der Waals surface area contributed by atoms with Crippen molar-refractivity contribution in [1.82, 2.24) is 0 Å². The van der Waals surface area contributed by atoms with Crippen LogP contribution in [0, 0.1) is 0 Å². The second-order valence-electron chi connectivity index (χ2n) is 6.85. The van der Waals surface area contributed by atoms with E-state index in [-0.39, 0.29) is 0 Å². The second kappa shape index (κ2) is 13.3. The molecule has 0 aliphatic rings. The molecular weight excluding hydrogens is 356 g/mol. The SMILES string of the molecule is CCCCCCCCCCCOc1ccc(N=Nc2ccc(Cl)cc2)cc1. The summed E-state index contributed by atoms with van der Waals surface area (Å²) in [6, 6.07) is 15.0. The molecule has 0 bridgehead atoms. The van der Waals surface area contributed by atoms with Crippen LogP contribution in [0.15, 0.2) is 58.8 Å². The minimum absolute atomic E-state index is 0.697. The minimum Gasteiger partial charge on any atom is -0.494 e. The summed E-state index contributed by atoms with van der Waals surface area (Å²) in [5, 5.41) is 9.13.